The van der Waals surface area contributed by atoms with Gasteiger partial charge in [0.2, 0.25) is 10.0 Å². The highest BCUT2D eigenvalue weighted by atomic mass is 32.2. The van der Waals surface area contributed by atoms with Gasteiger partial charge in [-0.2, -0.15) is 5.10 Å². The first-order valence-electron chi connectivity index (χ1n) is 15.4. The number of nitrogens with one attached hydrogen (secondary N) is 2. The van der Waals surface area contributed by atoms with Crippen molar-refractivity contribution >= 4 is 46.2 Å². The average molecular weight is 687 g/mol. The molecule has 0 bridgehead atoms. The summed E-state index contributed by atoms with van der Waals surface area (Å²) in [4.78, 5) is 23.0. The number of nitrogens with zero attached hydrogens (tertiary/aromatic N) is 6. The fourth-order valence-corrected chi connectivity index (χ4v) is 6.81. The molecule has 0 aliphatic rings. The normalized spacial score (nSPS) is 12.9. The standard InChI is InChI=1S/C33H38N8O5SSi/c1-22(31-37-40-13-9-12-28(40)33(43)41(31)25-10-7-6-8-11-25)36-30-29-27(23-16-24(18-26(42)17-23)38-47(2,44)45)19-39(32(29)35-20-34-30)21-46-14-15-48(3,4)5/h6-13,16-20,22,38,42H,14-15,21H2,1-5H3,(H,34,35,36). The van der Waals surface area contributed by atoms with Gasteiger partial charge in [-0.1, -0.05) is 37.8 Å². The van der Waals surface area contributed by atoms with Crippen LogP contribution in [0, 0.1) is 0 Å². The summed E-state index contributed by atoms with van der Waals surface area (Å²) in [7, 11) is -4.93. The van der Waals surface area contributed by atoms with Crippen LogP contribution in [0.25, 0.3) is 33.4 Å². The molecule has 0 aliphatic heterocycles. The molecular weight excluding hydrogens is 649 g/mol. The summed E-state index contributed by atoms with van der Waals surface area (Å²) in [6.07, 6.45) is 6.08. The van der Waals surface area contributed by atoms with Crippen LogP contribution < -0.4 is 15.6 Å². The molecule has 0 saturated heterocycles. The summed E-state index contributed by atoms with van der Waals surface area (Å²) in [5, 5.41) is 19.5. The topological polar surface area (TPSA) is 158 Å². The lowest BCUT2D eigenvalue weighted by molar-refractivity contribution is 0.0899. The smallest absolute Gasteiger partial charge is 0.282 e. The Labute approximate surface area is 278 Å². The summed E-state index contributed by atoms with van der Waals surface area (Å²) in [5.41, 5.74) is 2.83. The van der Waals surface area contributed by atoms with Crippen molar-refractivity contribution in [2.24, 2.45) is 0 Å². The zero-order chi connectivity index (χ0) is 34.2. The van der Waals surface area contributed by atoms with Crippen molar-refractivity contribution in [2.45, 2.75) is 45.4 Å². The highest BCUT2D eigenvalue weighted by molar-refractivity contribution is 7.92. The number of para-hydroxylation sites is 1. The van der Waals surface area contributed by atoms with E-state index in [1.54, 1.807) is 39.5 Å². The Bertz CT molecular complexity index is 2280. The van der Waals surface area contributed by atoms with Gasteiger partial charge in [0.25, 0.3) is 5.56 Å². The van der Waals surface area contributed by atoms with Crippen molar-refractivity contribution in [3.63, 3.8) is 0 Å². The molecule has 0 aliphatic carbocycles. The molecule has 0 amide bonds. The molecule has 15 heteroatoms. The average Bonchev–Trinajstić information content (AvgIpc) is 3.64. The molecule has 3 N–H and O–H groups in total. The van der Waals surface area contributed by atoms with Crippen molar-refractivity contribution in [3.8, 4) is 22.6 Å². The number of anilines is 2. The Kier molecular flexibility index (Phi) is 8.85. The molecule has 2 aromatic carbocycles. The van der Waals surface area contributed by atoms with Crippen molar-refractivity contribution in [2.75, 3.05) is 22.9 Å². The van der Waals surface area contributed by atoms with Crippen LogP contribution in [0.2, 0.25) is 25.7 Å². The minimum Gasteiger partial charge on any atom is -0.508 e. The maximum absolute atomic E-state index is 13.7. The first-order chi connectivity index (χ1) is 22.8. The largest absolute Gasteiger partial charge is 0.508 e. The molecule has 6 rings (SSSR count). The van der Waals surface area contributed by atoms with E-state index in [4.69, 9.17) is 9.84 Å². The maximum atomic E-state index is 13.7. The maximum Gasteiger partial charge on any atom is 0.282 e. The van der Waals surface area contributed by atoms with Crippen molar-refractivity contribution < 1.29 is 18.3 Å². The number of hydrogen-bond acceptors (Lipinski definition) is 9. The fraction of sp³-hybridized carbons (Fsp3) is 0.273. The van der Waals surface area contributed by atoms with E-state index in [2.05, 4.69) is 39.6 Å². The number of aromatic hydroxyl groups is 1. The monoisotopic (exact) mass is 686 g/mol. The van der Waals surface area contributed by atoms with Gasteiger partial charge in [-0.3, -0.25) is 14.1 Å². The van der Waals surface area contributed by atoms with Crippen LogP contribution in [-0.2, 0) is 21.5 Å². The number of rotatable bonds is 12. The summed E-state index contributed by atoms with van der Waals surface area (Å²) < 4.78 is 37.7. The lowest BCUT2D eigenvalue weighted by Gasteiger charge is -2.20. The number of ether oxygens (including phenoxy) is 1. The molecular formula is C33H38N8O5SSi. The molecule has 4 heterocycles. The predicted octanol–water partition coefficient (Wildman–Crippen LogP) is 5.46. The van der Waals surface area contributed by atoms with Gasteiger partial charge in [0, 0.05) is 38.7 Å². The quantitative estimate of drug-likeness (QED) is 0.112. The molecule has 1 atom stereocenters. The Hall–Kier alpha value is -4.99. The third-order valence-corrected chi connectivity index (χ3v) is 10.1. The van der Waals surface area contributed by atoms with E-state index in [9.17, 15) is 18.3 Å². The van der Waals surface area contributed by atoms with Gasteiger partial charge in [-0.05, 0) is 54.9 Å². The van der Waals surface area contributed by atoms with Crippen LogP contribution >= 0.6 is 0 Å². The van der Waals surface area contributed by atoms with Crippen LogP contribution in [0.1, 0.15) is 18.8 Å². The molecule has 0 saturated carbocycles. The van der Waals surface area contributed by atoms with Crippen LogP contribution in [0.3, 0.4) is 0 Å². The van der Waals surface area contributed by atoms with Gasteiger partial charge in [0.15, 0.2) is 5.82 Å². The van der Waals surface area contributed by atoms with E-state index in [0.717, 1.165) is 12.3 Å². The molecule has 0 spiro atoms. The van der Waals surface area contributed by atoms with Crippen molar-refractivity contribution in [1.82, 2.24) is 28.7 Å². The number of benzene rings is 2. The number of phenolic OH excluding ortho intramolecular Hbond substituents is 1. The number of sulfonamides is 1. The lowest BCUT2D eigenvalue weighted by atomic mass is 10.0. The SMILES string of the molecule is CC(Nc1ncnc2c1c(-c1cc(O)cc(NS(C)(=O)=O)c1)cn2COCC[Si](C)(C)C)c1nn2cccc2c(=O)n1-c1ccccc1. The molecule has 0 fully saturated rings. The fourth-order valence-electron chi connectivity index (χ4n) is 5.51. The van der Waals surface area contributed by atoms with Crippen molar-refractivity contribution in [1.29, 1.82) is 0 Å². The van der Waals surface area contributed by atoms with E-state index in [1.165, 1.54) is 12.4 Å². The Morgan fingerprint density at radius 1 is 1.04 bits per heavy atom. The second-order valence-electron chi connectivity index (χ2n) is 13.0. The third kappa shape index (κ3) is 7.12. The lowest BCUT2D eigenvalue weighted by Crippen LogP contribution is -2.29. The predicted molar refractivity (Wildman–Crippen MR) is 190 cm³/mol. The number of fused-ring (bicyclic) bond motifs is 2. The van der Waals surface area contributed by atoms with E-state index < -0.39 is 24.1 Å². The number of aromatic nitrogens is 6. The minimum atomic E-state index is -3.61. The zero-order valence-electron chi connectivity index (χ0n) is 27.4. The molecule has 6 aromatic rings. The molecule has 13 nitrogen and oxygen atoms in total. The number of phenols is 1. The third-order valence-electron chi connectivity index (χ3n) is 7.76. The zero-order valence-corrected chi connectivity index (χ0v) is 29.2. The van der Waals surface area contributed by atoms with Crippen LogP contribution in [0.4, 0.5) is 11.5 Å². The highest BCUT2D eigenvalue weighted by Gasteiger charge is 2.23. The van der Waals surface area contributed by atoms with E-state index in [-0.39, 0.29) is 23.7 Å². The van der Waals surface area contributed by atoms with E-state index in [0.29, 0.717) is 51.6 Å². The van der Waals surface area contributed by atoms with Gasteiger partial charge >= 0.3 is 0 Å². The Balaban J connectivity index is 1.47. The molecule has 250 valence electrons. The van der Waals surface area contributed by atoms with E-state index in [1.807, 2.05) is 48.0 Å². The van der Waals surface area contributed by atoms with Gasteiger partial charge in [-0.15, -0.1) is 0 Å². The first-order valence-corrected chi connectivity index (χ1v) is 21.0. The number of hydrogen-bond donors (Lipinski definition) is 3. The van der Waals surface area contributed by atoms with Crippen LogP contribution in [0.5, 0.6) is 5.75 Å². The van der Waals surface area contributed by atoms with Crippen molar-refractivity contribution in [3.05, 3.63) is 95.6 Å². The molecule has 48 heavy (non-hydrogen) atoms. The second kappa shape index (κ2) is 12.9. The molecule has 1 unspecified atom stereocenters. The van der Waals surface area contributed by atoms with Crippen LogP contribution in [0.15, 0.2) is 84.2 Å². The van der Waals surface area contributed by atoms with Gasteiger partial charge in [0.05, 0.1) is 29.1 Å². The molecule has 4 aromatic heterocycles. The van der Waals surface area contributed by atoms with E-state index >= 15 is 0 Å². The minimum absolute atomic E-state index is 0.123. The second-order valence-corrected chi connectivity index (χ2v) is 20.3. The first kappa shape index (κ1) is 32.9. The van der Waals surface area contributed by atoms with Gasteiger partial charge in [-0.25, -0.2) is 22.9 Å². The molecule has 0 radical (unpaired) electrons. The Morgan fingerprint density at radius 3 is 2.54 bits per heavy atom. The summed E-state index contributed by atoms with van der Waals surface area (Å²) in [6, 6.07) is 17.8. The summed E-state index contributed by atoms with van der Waals surface area (Å²) in [5.74, 6) is 0.780. The summed E-state index contributed by atoms with van der Waals surface area (Å²) in [6.45, 7) is 9.57. The van der Waals surface area contributed by atoms with Gasteiger partial charge < -0.3 is 19.7 Å². The Morgan fingerprint density at radius 2 is 1.81 bits per heavy atom. The summed E-state index contributed by atoms with van der Waals surface area (Å²) >= 11 is 0. The van der Waals surface area contributed by atoms with Gasteiger partial charge in [0.1, 0.15) is 35.8 Å². The highest BCUT2D eigenvalue weighted by Crippen LogP contribution is 2.38. The van der Waals surface area contributed by atoms with Crippen LogP contribution in [-0.4, -0.2) is 63.2 Å².